The molecule has 30 heavy (non-hydrogen) atoms. The molecule has 154 valence electrons. The molecule has 8 nitrogen and oxygen atoms in total. The Morgan fingerprint density at radius 3 is 3.13 bits per heavy atom. The van der Waals surface area contributed by atoms with Gasteiger partial charge in [0.1, 0.15) is 18.0 Å². The van der Waals surface area contributed by atoms with E-state index in [9.17, 15) is 4.79 Å². The van der Waals surface area contributed by atoms with Crippen LogP contribution in [0.15, 0.2) is 49.3 Å². The SMILES string of the molecule is Cc1cccnc1Nc1cc(C[C@H]2CCCN(C(=O)/C=C/c3cnc[nH]3)C2)ncn1. The van der Waals surface area contributed by atoms with Crippen LogP contribution in [0.25, 0.3) is 6.08 Å². The number of aryl methyl sites for hydroxylation is 1. The van der Waals surface area contributed by atoms with E-state index in [1.54, 1.807) is 37.2 Å². The van der Waals surface area contributed by atoms with Crippen LogP contribution in [0.5, 0.6) is 0 Å². The highest BCUT2D eigenvalue weighted by Gasteiger charge is 2.23. The van der Waals surface area contributed by atoms with Gasteiger partial charge in [-0.3, -0.25) is 4.79 Å². The number of nitrogens with one attached hydrogen (secondary N) is 2. The molecular formula is C22H25N7O. The molecule has 1 aliphatic heterocycles. The maximum atomic E-state index is 12.5. The van der Waals surface area contributed by atoms with Gasteiger partial charge in [-0.25, -0.2) is 19.9 Å². The van der Waals surface area contributed by atoms with E-state index in [-0.39, 0.29) is 5.91 Å². The zero-order chi connectivity index (χ0) is 20.8. The molecular weight excluding hydrogens is 378 g/mol. The minimum atomic E-state index is 0.0324. The van der Waals surface area contributed by atoms with E-state index in [1.165, 1.54) is 0 Å². The highest BCUT2D eigenvalue weighted by atomic mass is 16.2. The quantitative estimate of drug-likeness (QED) is 0.614. The van der Waals surface area contributed by atoms with Crippen LogP contribution in [0.3, 0.4) is 0 Å². The Morgan fingerprint density at radius 2 is 2.30 bits per heavy atom. The highest BCUT2D eigenvalue weighted by Crippen LogP contribution is 2.22. The Kier molecular flexibility index (Phi) is 6.12. The van der Waals surface area contributed by atoms with Gasteiger partial charge in [0, 0.05) is 37.1 Å². The van der Waals surface area contributed by atoms with Crippen molar-refractivity contribution in [2.24, 2.45) is 5.92 Å². The van der Waals surface area contributed by atoms with Gasteiger partial charge in [0.05, 0.1) is 18.2 Å². The number of carbonyl (C=O) groups is 1. The lowest BCUT2D eigenvalue weighted by Crippen LogP contribution is -2.39. The van der Waals surface area contributed by atoms with E-state index < -0.39 is 0 Å². The molecule has 0 aromatic carbocycles. The molecule has 8 heteroatoms. The molecule has 1 aliphatic rings. The summed E-state index contributed by atoms with van der Waals surface area (Å²) in [5, 5.41) is 3.26. The van der Waals surface area contributed by atoms with Gasteiger partial charge in [0.15, 0.2) is 0 Å². The van der Waals surface area contributed by atoms with Crippen LogP contribution in [0.4, 0.5) is 11.6 Å². The van der Waals surface area contributed by atoms with Crippen molar-refractivity contribution in [3.8, 4) is 0 Å². The van der Waals surface area contributed by atoms with Gasteiger partial charge >= 0.3 is 0 Å². The minimum absolute atomic E-state index is 0.0324. The van der Waals surface area contributed by atoms with Crippen molar-refractivity contribution in [2.75, 3.05) is 18.4 Å². The van der Waals surface area contributed by atoms with E-state index in [4.69, 9.17) is 0 Å². The van der Waals surface area contributed by atoms with Crippen molar-refractivity contribution in [3.05, 3.63) is 66.3 Å². The Hall–Kier alpha value is -3.55. The number of aromatic amines is 1. The molecule has 3 aromatic heterocycles. The molecule has 2 N–H and O–H groups in total. The minimum Gasteiger partial charge on any atom is -0.345 e. The lowest BCUT2D eigenvalue weighted by molar-refractivity contribution is -0.127. The van der Waals surface area contributed by atoms with Gasteiger partial charge in [-0.15, -0.1) is 0 Å². The van der Waals surface area contributed by atoms with Gasteiger partial charge in [-0.1, -0.05) is 6.07 Å². The molecule has 1 saturated heterocycles. The van der Waals surface area contributed by atoms with Crippen LogP contribution >= 0.6 is 0 Å². The number of rotatable bonds is 6. The third kappa shape index (κ3) is 5.08. The predicted molar refractivity (Wildman–Crippen MR) is 115 cm³/mol. The molecule has 0 spiro atoms. The molecule has 4 heterocycles. The number of amides is 1. The molecule has 1 amide bonds. The van der Waals surface area contributed by atoms with Crippen molar-refractivity contribution >= 4 is 23.6 Å². The van der Waals surface area contributed by atoms with Crippen LogP contribution in [0.1, 0.15) is 29.8 Å². The van der Waals surface area contributed by atoms with Gasteiger partial charge in [-0.05, 0) is 49.8 Å². The highest BCUT2D eigenvalue weighted by molar-refractivity contribution is 5.91. The van der Waals surface area contributed by atoms with Gasteiger partial charge < -0.3 is 15.2 Å². The molecule has 1 atom stereocenters. The standard InChI is InChI=1S/C22H25N7O/c1-16-4-2-8-24-22(16)28-20-11-19(26-15-27-20)10-17-5-3-9-29(13-17)21(30)7-6-18-12-23-14-25-18/h2,4,6-8,11-12,14-15,17H,3,5,9-10,13H2,1H3,(H,23,25)(H,24,26,27,28)/b7-6+/t17-/m1/s1. The van der Waals surface area contributed by atoms with E-state index in [0.29, 0.717) is 5.92 Å². The summed E-state index contributed by atoms with van der Waals surface area (Å²) < 4.78 is 0. The summed E-state index contributed by atoms with van der Waals surface area (Å²) in [5.74, 6) is 1.93. The van der Waals surface area contributed by atoms with Crippen molar-refractivity contribution in [2.45, 2.75) is 26.2 Å². The third-order valence-corrected chi connectivity index (χ3v) is 5.23. The summed E-state index contributed by atoms with van der Waals surface area (Å²) in [6, 6.07) is 5.88. The summed E-state index contributed by atoms with van der Waals surface area (Å²) in [5.41, 5.74) is 2.84. The molecule has 3 aromatic rings. The van der Waals surface area contributed by atoms with Crippen molar-refractivity contribution in [1.29, 1.82) is 0 Å². The number of H-pyrrole nitrogens is 1. The van der Waals surface area contributed by atoms with Crippen molar-refractivity contribution in [3.63, 3.8) is 0 Å². The van der Waals surface area contributed by atoms with Crippen LogP contribution < -0.4 is 5.32 Å². The van der Waals surface area contributed by atoms with Gasteiger partial charge in [-0.2, -0.15) is 0 Å². The zero-order valence-electron chi connectivity index (χ0n) is 17.0. The number of likely N-dealkylation sites (tertiary alicyclic amines) is 1. The second-order valence-corrected chi connectivity index (χ2v) is 7.53. The zero-order valence-corrected chi connectivity index (χ0v) is 17.0. The maximum absolute atomic E-state index is 12.5. The average molecular weight is 403 g/mol. The normalized spacial score (nSPS) is 16.7. The van der Waals surface area contributed by atoms with E-state index in [2.05, 4.69) is 30.2 Å². The number of aromatic nitrogens is 5. The first kappa shape index (κ1) is 19.8. The summed E-state index contributed by atoms with van der Waals surface area (Å²) in [7, 11) is 0. The summed E-state index contributed by atoms with van der Waals surface area (Å²) in [6.45, 7) is 3.53. The first-order valence-electron chi connectivity index (χ1n) is 10.1. The Morgan fingerprint density at radius 1 is 1.37 bits per heavy atom. The largest absolute Gasteiger partial charge is 0.345 e. The number of hydrogen-bond donors (Lipinski definition) is 2. The number of pyridine rings is 1. The number of hydrogen-bond acceptors (Lipinski definition) is 6. The van der Waals surface area contributed by atoms with Crippen molar-refractivity contribution in [1.82, 2.24) is 29.8 Å². The number of imidazole rings is 1. The molecule has 0 saturated carbocycles. The first-order chi connectivity index (χ1) is 14.7. The Bertz CT molecular complexity index is 1020. The molecule has 1 fully saturated rings. The number of nitrogens with zero attached hydrogens (tertiary/aromatic N) is 5. The van der Waals surface area contributed by atoms with E-state index in [1.807, 2.05) is 30.0 Å². The monoisotopic (exact) mass is 403 g/mol. The lowest BCUT2D eigenvalue weighted by atomic mass is 9.93. The topological polar surface area (TPSA) is 99.7 Å². The van der Waals surface area contributed by atoms with Gasteiger partial charge in [0.2, 0.25) is 5.91 Å². The van der Waals surface area contributed by atoms with Crippen LogP contribution in [0.2, 0.25) is 0 Å². The third-order valence-electron chi connectivity index (χ3n) is 5.23. The Balaban J connectivity index is 1.37. The predicted octanol–water partition coefficient (Wildman–Crippen LogP) is 3.14. The first-order valence-corrected chi connectivity index (χ1v) is 10.1. The fraction of sp³-hybridized carbons (Fsp3) is 0.318. The Labute approximate surface area is 175 Å². The molecule has 0 aliphatic carbocycles. The average Bonchev–Trinajstić information content (AvgIpc) is 3.28. The molecule has 0 radical (unpaired) electrons. The van der Waals surface area contributed by atoms with Crippen LogP contribution in [0, 0.1) is 12.8 Å². The number of piperidine rings is 1. The summed E-state index contributed by atoms with van der Waals surface area (Å²) >= 11 is 0. The van der Waals surface area contributed by atoms with Crippen LogP contribution in [-0.2, 0) is 11.2 Å². The van der Waals surface area contributed by atoms with Crippen LogP contribution in [-0.4, -0.2) is 48.8 Å². The van der Waals surface area contributed by atoms with Crippen molar-refractivity contribution < 1.29 is 4.79 Å². The fourth-order valence-corrected chi connectivity index (χ4v) is 3.67. The lowest BCUT2D eigenvalue weighted by Gasteiger charge is -2.32. The smallest absolute Gasteiger partial charge is 0.246 e. The summed E-state index contributed by atoms with van der Waals surface area (Å²) in [4.78, 5) is 34.5. The van der Waals surface area contributed by atoms with E-state index in [0.717, 1.165) is 60.9 Å². The van der Waals surface area contributed by atoms with Gasteiger partial charge in [0.25, 0.3) is 0 Å². The molecule has 0 unspecified atom stereocenters. The second-order valence-electron chi connectivity index (χ2n) is 7.53. The number of anilines is 2. The molecule has 4 rings (SSSR count). The van der Waals surface area contributed by atoms with E-state index >= 15 is 0 Å². The summed E-state index contributed by atoms with van der Waals surface area (Å²) in [6.07, 6.45) is 12.9. The molecule has 0 bridgehead atoms. The second kappa shape index (κ2) is 9.30. The number of carbonyl (C=O) groups excluding carboxylic acids is 1. The maximum Gasteiger partial charge on any atom is 0.246 e. The fourth-order valence-electron chi connectivity index (χ4n) is 3.67.